The van der Waals surface area contributed by atoms with Crippen LogP contribution >= 0.6 is 0 Å². The van der Waals surface area contributed by atoms with E-state index in [1.807, 2.05) is 0 Å². The van der Waals surface area contributed by atoms with Crippen molar-refractivity contribution in [3.8, 4) is 0 Å². The third-order valence-corrected chi connectivity index (χ3v) is 8.70. The Morgan fingerprint density at radius 1 is 0.892 bits per heavy atom. The van der Waals surface area contributed by atoms with Gasteiger partial charge in [-0.15, -0.1) is 0 Å². The molecule has 3 nitrogen and oxygen atoms in total. The van der Waals surface area contributed by atoms with Gasteiger partial charge in [-0.2, -0.15) is 26.3 Å². The molecule has 1 aliphatic heterocycles. The van der Waals surface area contributed by atoms with Crippen LogP contribution in [0.15, 0.2) is 18.2 Å². The van der Waals surface area contributed by atoms with Crippen molar-refractivity contribution < 1.29 is 36.2 Å². The summed E-state index contributed by atoms with van der Waals surface area (Å²) in [5, 5.41) is 11.4. The summed E-state index contributed by atoms with van der Waals surface area (Å²) >= 11 is 0. The normalized spacial score (nSPS) is 26.4. The molecule has 6 rings (SSSR count). The van der Waals surface area contributed by atoms with Crippen LogP contribution < -0.4 is 0 Å². The summed E-state index contributed by atoms with van der Waals surface area (Å²) in [4.78, 5) is 4.98. The summed E-state index contributed by atoms with van der Waals surface area (Å²) in [5.41, 5.74) is -0.463. The Kier molecular flexibility index (Phi) is 5.40. The smallest absolute Gasteiger partial charge is 0.388 e. The van der Waals surface area contributed by atoms with Crippen LogP contribution in [0.2, 0.25) is 0 Å². The van der Waals surface area contributed by atoms with Crippen LogP contribution in [0.25, 0.3) is 0 Å². The monoisotopic (exact) mass is 525 g/mol. The molecular formula is C28H29F6NO2. The van der Waals surface area contributed by atoms with E-state index in [-0.39, 0.29) is 23.0 Å². The van der Waals surface area contributed by atoms with Gasteiger partial charge in [0, 0.05) is 16.8 Å². The number of hydrogen-bond acceptors (Lipinski definition) is 3. The van der Waals surface area contributed by atoms with Crippen LogP contribution in [0, 0.1) is 5.41 Å². The Morgan fingerprint density at radius 2 is 1.49 bits per heavy atom. The summed E-state index contributed by atoms with van der Waals surface area (Å²) < 4.78 is 88.2. The summed E-state index contributed by atoms with van der Waals surface area (Å²) in [6.07, 6.45) is -4.50. The van der Waals surface area contributed by atoms with Crippen LogP contribution in [0.3, 0.4) is 0 Å². The highest BCUT2D eigenvalue weighted by molar-refractivity contribution is 5.54. The molecule has 0 saturated heterocycles. The first kappa shape index (κ1) is 25.2. The van der Waals surface area contributed by atoms with Crippen molar-refractivity contribution in [2.24, 2.45) is 5.41 Å². The Morgan fingerprint density at radius 3 is 2.03 bits per heavy atom. The van der Waals surface area contributed by atoms with Gasteiger partial charge in [0.25, 0.3) is 0 Å². The number of ether oxygens (including phenoxy) is 1. The van der Waals surface area contributed by atoms with Crippen LogP contribution in [0.1, 0.15) is 122 Å². The summed E-state index contributed by atoms with van der Waals surface area (Å²) in [6, 6.07) is 1.65. The minimum Gasteiger partial charge on any atom is -0.388 e. The van der Waals surface area contributed by atoms with E-state index >= 15 is 0 Å². The Balaban J connectivity index is 1.56. The quantitative estimate of drug-likeness (QED) is 0.406. The molecule has 0 amide bonds. The Hall–Kier alpha value is -2.13. The predicted octanol–water partition coefficient (Wildman–Crippen LogP) is 7.89. The van der Waals surface area contributed by atoms with Gasteiger partial charge in [-0.05, 0) is 93.0 Å². The van der Waals surface area contributed by atoms with Gasteiger partial charge in [0.15, 0.2) is 0 Å². The molecule has 1 aromatic heterocycles. The SMILES string of the molecule is CC1(C)O[C@H](c2cc(C(F)(F)F)cc(C(F)(F)F)c2)c2c1nc1c(c2C2CC2)[C@@H](O)CC2(CCCC2)C1. The zero-order valence-electron chi connectivity index (χ0n) is 20.7. The number of aromatic nitrogens is 1. The van der Waals surface area contributed by atoms with E-state index in [9.17, 15) is 31.4 Å². The number of rotatable bonds is 2. The number of benzene rings is 1. The molecule has 1 N–H and O–H groups in total. The molecule has 0 unspecified atom stereocenters. The molecule has 2 aromatic rings. The molecule has 2 atom stereocenters. The van der Waals surface area contributed by atoms with Gasteiger partial charge >= 0.3 is 12.4 Å². The standard InChI is InChI=1S/C28H29F6NO2/c1-25(2)24-22(23(37-25)15-9-16(27(29,30)31)11-17(10-15)28(32,33)34)20(14-5-6-14)21-18(35-24)12-26(13-19(21)36)7-3-4-8-26/h9-11,14,19,23,36H,3-8,12-13H2,1-2H3/t19-,23+/m0/s1. The highest BCUT2D eigenvalue weighted by atomic mass is 19.4. The van der Waals surface area contributed by atoms with Gasteiger partial charge in [-0.1, -0.05) is 12.8 Å². The van der Waals surface area contributed by atoms with E-state index in [1.165, 1.54) is 0 Å². The number of alkyl halides is 6. The van der Waals surface area contributed by atoms with Gasteiger partial charge in [-0.25, -0.2) is 0 Å². The molecule has 0 radical (unpaired) electrons. The number of fused-ring (bicyclic) bond motifs is 2. The minimum absolute atomic E-state index is 0.000129. The summed E-state index contributed by atoms with van der Waals surface area (Å²) in [7, 11) is 0. The first-order chi connectivity index (χ1) is 17.2. The number of halogens is 6. The first-order valence-corrected chi connectivity index (χ1v) is 12.9. The van der Waals surface area contributed by atoms with E-state index in [1.54, 1.807) is 13.8 Å². The van der Waals surface area contributed by atoms with Crippen molar-refractivity contribution >= 4 is 0 Å². The average Bonchev–Trinajstić information content (AvgIpc) is 3.48. The maximum atomic E-state index is 13.7. The van der Waals surface area contributed by atoms with Crippen molar-refractivity contribution in [2.75, 3.05) is 0 Å². The van der Waals surface area contributed by atoms with E-state index < -0.39 is 41.3 Å². The van der Waals surface area contributed by atoms with Gasteiger partial charge in [0.2, 0.25) is 0 Å². The topological polar surface area (TPSA) is 42.4 Å². The largest absolute Gasteiger partial charge is 0.416 e. The molecule has 1 spiro atoms. The average molecular weight is 526 g/mol. The number of aliphatic hydroxyl groups is 1. The maximum absolute atomic E-state index is 13.7. The van der Waals surface area contributed by atoms with Crippen LogP contribution in [0.5, 0.6) is 0 Å². The van der Waals surface area contributed by atoms with Crippen molar-refractivity contribution in [3.05, 3.63) is 63.0 Å². The van der Waals surface area contributed by atoms with E-state index in [0.29, 0.717) is 17.7 Å². The number of pyridine rings is 1. The lowest BCUT2D eigenvalue weighted by Gasteiger charge is -2.39. The lowest BCUT2D eigenvalue weighted by atomic mass is 9.69. The Labute approximate surface area is 211 Å². The second-order valence-electron chi connectivity index (χ2n) is 11.9. The van der Waals surface area contributed by atoms with E-state index in [0.717, 1.165) is 73.9 Å². The van der Waals surface area contributed by atoms with Crippen molar-refractivity contribution in [1.82, 2.24) is 4.98 Å². The molecule has 0 bridgehead atoms. The fraction of sp³-hybridized carbons (Fsp3) is 0.607. The molecule has 9 heteroatoms. The first-order valence-electron chi connectivity index (χ1n) is 12.9. The maximum Gasteiger partial charge on any atom is 0.416 e. The summed E-state index contributed by atoms with van der Waals surface area (Å²) in [5.74, 6) is 0.0886. The van der Waals surface area contributed by atoms with Gasteiger partial charge in [0.1, 0.15) is 11.7 Å². The molecule has 2 saturated carbocycles. The molecule has 200 valence electrons. The van der Waals surface area contributed by atoms with Crippen molar-refractivity contribution in [1.29, 1.82) is 0 Å². The molecular weight excluding hydrogens is 496 g/mol. The van der Waals surface area contributed by atoms with Gasteiger partial charge in [0.05, 0.1) is 22.9 Å². The zero-order valence-corrected chi connectivity index (χ0v) is 20.7. The molecule has 2 heterocycles. The third kappa shape index (κ3) is 4.17. The molecule has 2 fully saturated rings. The minimum atomic E-state index is -4.95. The lowest BCUT2D eigenvalue weighted by Crippen LogP contribution is -2.32. The second kappa shape index (κ2) is 7.94. The van der Waals surface area contributed by atoms with Crippen molar-refractivity contribution in [2.45, 2.75) is 101 Å². The molecule has 4 aliphatic rings. The van der Waals surface area contributed by atoms with Gasteiger partial charge < -0.3 is 9.84 Å². The fourth-order valence-corrected chi connectivity index (χ4v) is 6.95. The fourth-order valence-electron chi connectivity index (χ4n) is 6.95. The highest BCUT2D eigenvalue weighted by Crippen LogP contribution is 2.59. The number of hydrogen-bond donors (Lipinski definition) is 1. The number of nitrogens with zero attached hydrogens (tertiary/aromatic N) is 1. The van der Waals surface area contributed by atoms with Crippen LogP contribution in [-0.2, 0) is 29.1 Å². The second-order valence-corrected chi connectivity index (χ2v) is 11.9. The predicted molar refractivity (Wildman–Crippen MR) is 123 cm³/mol. The lowest BCUT2D eigenvalue weighted by molar-refractivity contribution is -0.143. The summed E-state index contributed by atoms with van der Waals surface area (Å²) in [6.45, 7) is 3.51. The zero-order chi connectivity index (χ0) is 26.5. The van der Waals surface area contributed by atoms with E-state index in [2.05, 4.69) is 0 Å². The molecule has 37 heavy (non-hydrogen) atoms. The van der Waals surface area contributed by atoms with Crippen molar-refractivity contribution in [3.63, 3.8) is 0 Å². The van der Waals surface area contributed by atoms with Crippen LogP contribution in [-0.4, -0.2) is 10.1 Å². The number of aliphatic hydroxyl groups excluding tert-OH is 1. The molecule has 3 aliphatic carbocycles. The highest BCUT2D eigenvalue weighted by Gasteiger charge is 2.50. The van der Waals surface area contributed by atoms with Gasteiger partial charge in [-0.3, -0.25) is 4.98 Å². The Bertz CT molecular complexity index is 1220. The third-order valence-electron chi connectivity index (χ3n) is 8.70. The molecule has 1 aromatic carbocycles. The van der Waals surface area contributed by atoms with E-state index in [4.69, 9.17) is 9.72 Å². The van der Waals surface area contributed by atoms with Crippen LogP contribution in [0.4, 0.5) is 26.3 Å².